The van der Waals surface area contributed by atoms with Gasteiger partial charge < -0.3 is 4.74 Å². The summed E-state index contributed by atoms with van der Waals surface area (Å²) in [6.45, 7) is 0. The van der Waals surface area contributed by atoms with Gasteiger partial charge in [0.2, 0.25) is 0 Å². The van der Waals surface area contributed by atoms with Gasteiger partial charge in [-0.25, -0.2) is 9.97 Å². The Labute approximate surface area is 115 Å². The van der Waals surface area contributed by atoms with E-state index < -0.39 is 0 Å². The minimum Gasteiger partial charge on any atom is -0.496 e. The summed E-state index contributed by atoms with van der Waals surface area (Å²) in [6.07, 6.45) is 1.85. The highest BCUT2D eigenvalue weighted by Crippen LogP contribution is 2.33. The molecule has 0 spiro atoms. The summed E-state index contributed by atoms with van der Waals surface area (Å²) in [4.78, 5) is 9.93. The number of para-hydroxylation sites is 2. The van der Waals surface area contributed by atoms with Gasteiger partial charge in [0.05, 0.1) is 17.5 Å². The fraction of sp³-hybridized carbons (Fsp3) is 0.0667. The van der Waals surface area contributed by atoms with Crippen LogP contribution in [0, 0.1) is 0 Å². The van der Waals surface area contributed by atoms with E-state index >= 15 is 0 Å². The zero-order chi connectivity index (χ0) is 13.1. The van der Waals surface area contributed by atoms with Crippen molar-refractivity contribution in [1.29, 1.82) is 0 Å². The lowest BCUT2D eigenvalue weighted by molar-refractivity contribution is 0.405. The summed E-state index contributed by atoms with van der Waals surface area (Å²) < 4.78 is 5.33. The Bertz CT molecular complexity index is 715. The molecule has 3 aromatic rings. The third kappa shape index (κ3) is 2.53. The number of hydrogen-bond acceptors (Lipinski definition) is 4. The molecule has 0 aliphatic rings. The SMILES string of the molecule is COc1ccccc1Sc1ncc2ccccc2n1. The van der Waals surface area contributed by atoms with Crippen LogP contribution in [0.5, 0.6) is 5.75 Å². The fourth-order valence-corrected chi connectivity index (χ4v) is 2.65. The number of methoxy groups -OCH3 is 1. The predicted molar refractivity (Wildman–Crippen MR) is 76.7 cm³/mol. The monoisotopic (exact) mass is 268 g/mol. The second-order valence-electron chi connectivity index (χ2n) is 3.96. The molecule has 94 valence electrons. The van der Waals surface area contributed by atoms with Crippen molar-refractivity contribution >= 4 is 22.7 Å². The third-order valence-corrected chi connectivity index (χ3v) is 3.67. The number of rotatable bonds is 3. The van der Waals surface area contributed by atoms with Crippen molar-refractivity contribution in [3.63, 3.8) is 0 Å². The summed E-state index contributed by atoms with van der Waals surface area (Å²) in [7, 11) is 1.67. The number of benzene rings is 2. The summed E-state index contributed by atoms with van der Waals surface area (Å²) in [5, 5.41) is 1.77. The molecule has 19 heavy (non-hydrogen) atoms. The van der Waals surface area contributed by atoms with E-state index in [-0.39, 0.29) is 0 Å². The van der Waals surface area contributed by atoms with Crippen molar-refractivity contribution in [2.75, 3.05) is 7.11 Å². The highest BCUT2D eigenvalue weighted by molar-refractivity contribution is 7.99. The van der Waals surface area contributed by atoms with Gasteiger partial charge in [0, 0.05) is 11.6 Å². The first-order valence-corrected chi connectivity index (χ1v) is 6.71. The molecule has 2 aromatic carbocycles. The first-order valence-electron chi connectivity index (χ1n) is 5.89. The molecule has 0 N–H and O–H groups in total. The van der Waals surface area contributed by atoms with E-state index in [2.05, 4.69) is 9.97 Å². The molecular weight excluding hydrogens is 256 g/mol. The van der Waals surface area contributed by atoms with Crippen LogP contribution in [-0.4, -0.2) is 17.1 Å². The van der Waals surface area contributed by atoms with E-state index in [0.29, 0.717) is 0 Å². The molecule has 0 aliphatic heterocycles. The highest BCUT2D eigenvalue weighted by Gasteiger charge is 2.06. The maximum Gasteiger partial charge on any atom is 0.193 e. The second-order valence-corrected chi connectivity index (χ2v) is 4.97. The molecular formula is C15H12N2OS. The minimum atomic E-state index is 0.725. The van der Waals surface area contributed by atoms with Crippen LogP contribution in [0.2, 0.25) is 0 Å². The first-order chi connectivity index (χ1) is 9.36. The molecule has 0 aliphatic carbocycles. The normalized spacial score (nSPS) is 10.6. The standard InChI is InChI=1S/C15H12N2OS/c1-18-13-8-4-5-9-14(13)19-15-16-10-11-6-2-3-7-12(11)17-15/h2-10H,1H3. The zero-order valence-electron chi connectivity index (χ0n) is 10.4. The zero-order valence-corrected chi connectivity index (χ0v) is 11.2. The van der Waals surface area contributed by atoms with Gasteiger partial charge in [-0.05, 0) is 30.0 Å². The van der Waals surface area contributed by atoms with Crippen molar-refractivity contribution in [1.82, 2.24) is 9.97 Å². The number of hydrogen-bond donors (Lipinski definition) is 0. The van der Waals surface area contributed by atoms with Gasteiger partial charge in [-0.3, -0.25) is 0 Å². The van der Waals surface area contributed by atoms with Crippen molar-refractivity contribution in [3.8, 4) is 5.75 Å². The Morgan fingerprint density at radius 2 is 1.79 bits per heavy atom. The summed E-state index contributed by atoms with van der Waals surface area (Å²) >= 11 is 1.51. The van der Waals surface area contributed by atoms with Crippen LogP contribution >= 0.6 is 11.8 Å². The summed E-state index contributed by atoms with van der Waals surface area (Å²) in [6, 6.07) is 15.8. The van der Waals surface area contributed by atoms with Crippen LogP contribution in [0.1, 0.15) is 0 Å². The number of fused-ring (bicyclic) bond motifs is 1. The van der Waals surface area contributed by atoms with Crippen molar-refractivity contribution in [2.45, 2.75) is 10.1 Å². The Morgan fingerprint density at radius 3 is 2.68 bits per heavy atom. The van der Waals surface area contributed by atoms with Crippen LogP contribution < -0.4 is 4.74 Å². The molecule has 0 atom stereocenters. The number of nitrogens with zero attached hydrogens (tertiary/aromatic N) is 2. The molecule has 1 heterocycles. The van der Waals surface area contributed by atoms with Crippen molar-refractivity contribution in [2.24, 2.45) is 0 Å². The molecule has 0 saturated heterocycles. The van der Waals surface area contributed by atoms with E-state index in [9.17, 15) is 0 Å². The lowest BCUT2D eigenvalue weighted by Crippen LogP contribution is -1.89. The summed E-state index contributed by atoms with van der Waals surface area (Å²) in [5.41, 5.74) is 0.954. The molecule has 0 bridgehead atoms. The van der Waals surface area contributed by atoms with Gasteiger partial charge in [-0.1, -0.05) is 30.3 Å². The Morgan fingerprint density at radius 1 is 1.00 bits per heavy atom. The van der Waals surface area contributed by atoms with Crippen LogP contribution in [0.3, 0.4) is 0 Å². The van der Waals surface area contributed by atoms with Crippen LogP contribution in [0.4, 0.5) is 0 Å². The average molecular weight is 268 g/mol. The van der Waals surface area contributed by atoms with Gasteiger partial charge >= 0.3 is 0 Å². The van der Waals surface area contributed by atoms with Gasteiger partial charge in [0.25, 0.3) is 0 Å². The highest BCUT2D eigenvalue weighted by atomic mass is 32.2. The lowest BCUT2D eigenvalue weighted by atomic mass is 10.2. The topological polar surface area (TPSA) is 35.0 Å². The van der Waals surface area contributed by atoms with E-state index in [1.165, 1.54) is 11.8 Å². The van der Waals surface area contributed by atoms with E-state index in [1.807, 2.05) is 54.7 Å². The first kappa shape index (κ1) is 12.0. The lowest BCUT2D eigenvalue weighted by Gasteiger charge is -2.06. The van der Waals surface area contributed by atoms with Gasteiger partial charge in [0.15, 0.2) is 5.16 Å². The summed E-state index contributed by atoms with van der Waals surface area (Å²) in [5.74, 6) is 0.837. The van der Waals surface area contributed by atoms with Crippen molar-refractivity contribution in [3.05, 3.63) is 54.7 Å². The molecule has 1 aromatic heterocycles. The molecule has 3 nitrogen and oxygen atoms in total. The number of aromatic nitrogens is 2. The van der Waals surface area contributed by atoms with E-state index in [1.54, 1.807) is 7.11 Å². The molecule has 4 heteroatoms. The van der Waals surface area contributed by atoms with Crippen LogP contribution in [0.15, 0.2) is 64.8 Å². The molecule has 0 amide bonds. The Balaban J connectivity index is 1.96. The average Bonchev–Trinajstić information content (AvgIpc) is 2.48. The van der Waals surface area contributed by atoms with E-state index in [0.717, 1.165) is 26.7 Å². The Kier molecular flexibility index (Phi) is 3.33. The van der Waals surface area contributed by atoms with Crippen LogP contribution in [-0.2, 0) is 0 Å². The molecule has 3 rings (SSSR count). The maximum atomic E-state index is 5.33. The second kappa shape index (κ2) is 5.28. The van der Waals surface area contributed by atoms with Gasteiger partial charge in [-0.2, -0.15) is 0 Å². The molecule has 0 radical (unpaired) electrons. The van der Waals surface area contributed by atoms with Gasteiger partial charge in [0.1, 0.15) is 5.75 Å². The maximum absolute atomic E-state index is 5.33. The van der Waals surface area contributed by atoms with E-state index in [4.69, 9.17) is 4.74 Å². The molecule has 0 saturated carbocycles. The minimum absolute atomic E-state index is 0.725. The predicted octanol–water partition coefficient (Wildman–Crippen LogP) is 3.79. The van der Waals surface area contributed by atoms with Gasteiger partial charge in [-0.15, -0.1) is 0 Å². The van der Waals surface area contributed by atoms with Crippen molar-refractivity contribution < 1.29 is 4.74 Å². The largest absolute Gasteiger partial charge is 0.496 e. The number of ether oxygens (including phenoxy) is 1. The quantitative estimate of drug-likeness (QED) is 0.677. The Hall–Kier alpha value is -2.07. The molecule has 0 unspecified atom stereocenters. The third-order valence-electron chi connectivity index (χ3n) is 2.74. The fourth-order valence-electron chi connectivity index (χ4n) is 1.81. The van der Waals surface area contributed by atoms with Crippen LogP contribution in [0.25, 0.3) is 10.9 Å². The smallest absolute Gasteiger partial charge is 0.193 e. The molecule has 0 fully saturated rings.